The molecule has 1 aromatic carbocycles. The molecule has 0 saturated heterocycles. The van der Waals surface area contributed by atoms with E-state index in [-0.39, 0.29) is 6.61 Å². The molecule has 0 aromatic heterocycles. The van der Waals surface area contributed by atoms with Crippen LogP contribution in [0.15, 0.2) is 29.2 Å². The number of carboxylic acid groups (broad SMARTS) is 1. The number of unbranched alkanes of at least 4 members (excludes halogenated alkanes) is 3. The number of rotatable bonds is 8. The second-order valence-corrected chi connectivity index (χ2v) is 4.98. The van der Waals surface area contributed by atoms with E-state index < -0.39 is 5.97 Å². The van der Waals surface area contributed by atoms with E-state index in [4.69, 9.17) is 10.2 Å². The van der Waals surface area contributed by atoms with Crippen LogP contribution in [0.1, 0.15) is 36.0 Å². The smallest absolute Gasteiger partial charge is 0.335 e. The highest BCUT2D eigenvalue weighted by Crippen LogP contribution is 2.20. The maximum atomic E-state index is 10.6. The van der Waals surface area contributed by atoms with Crippen LogP contribution in [0.4, 0.5) is 0 Å². The molecule has 4 heteroatoms. The zero-order valence-electron chi connectivity index (χ0n) is 9.76. The van der Waals surface area contributed by atoms with E-state index in [0.29, 0.717) is 5.56 Å². The molecule has 0 aliphatic rings. The Kier molecular flexibility index (Phi) is 6.74. The summed E-state index contributed by atoms with van der Waals surface area (Å²) in [5, 5.41) is 17.4. The first kappa shape index (κ1) is 14.1. The van der Waals surface area contributed by atoms with Gasteiger partial charge in [-0.05, 0) is 42.9 Å². The van der Waals surface area contributed by atoms with Gasteiger partial charge in [-0.1, -0.05) is 12.8 Å². The molecule has 0 bridgehead atoms. The summed E-state index contributed by atoms with van der Waals surface area (Å²) in [6, 6.07) is 6.97. The number of hydrogen-bond donors (Lipinski definition) is 2. The summed E-state index contributed by atoms with van der Waals surface area (Å²) >= 11 is 1.74. The summed E-state index contributed by atoms with van der Waals surface area (Å²) in [5.74, 6) is 0.156. The Labute approximate surface area is 106 Å². The molecule has 0 aliphatic carbocycles. The van der Waals surface area contributed by atoms with Crippen LogP contribution in [-0.4, -0.2) is 28.5 Å². The van der Waals surface area contributed by atoms with Crippen LogP contribution in [0.5, 0.6) is 0 Å². The van der Waals surface area contributed by atoms with Crippen molar-refractivity contribution >= 4 is 17.7 Å². The maximum Gasteiger partial charge on any atom is 0.335 e. The molecule has 0 amide bonds. The number of carbonyl (C=O) groups is 1. The zero-order valence-corrected chi connectivity index (χ0v) is 10.6. The van der Waals surface area contributed by atoms with Crippen molar-refractivity contribution in [1.82, 2.24) is 0 Å². The molecule has 3 nitrogen and oxygen atoms in total. The second-order valence-electron chi connectivity index (χ2n) is 3.82. The van der Waals surface area contributed by atoms with Crippen LogP contribution >= 0.6 is 11.8 Å². The molecule has 0 unspecified atom stereocenters. The fraction of sp³-hybridized carbons (Fsp3) is 0.462. The van der Waals surface area contributed by atoms with Crippen LogP contribution in [0.2, 0.25) is 0 Å². The highest BCUT2D eigenvalue weighted by atomic mass is 32.2. The van der Waals surface area contributed by atoms with Crippen molar-refractivity contribution in [3.05, 3.63) is 29.8 Å². The molecular weight excluding hydrogens is 236 g/mol. The van der Waals surface area contributed by atoms with E-state index in [1.807, 2.05) is 12.1 Å². The summed E-state index contributed by atoms with van der Waals surface area (Å²) in [6.45, 7) is 0.282. The maximum absolute atomic E-state index is 10.6. The van der Waals surface area contributed by atoms with Gasteiger partial charge in [-0.2, -0.15) is 0 Å². The van der Waals surface area contributed by atoms with E-state index in [2.05, 4.69) is 0 Å². The Morgan fingerprint density at radius 3 is 2.29 bits per heavy atom. The fourth-order valence-electron chi connectivity index (χ4n) is 1.45. The standard InChI is InChI=1S/C13H18O3S/c14-9-3-1-2-4-10-17-12-7-5-11(6-8-12)13(15)16/h5-8,14H,1-4,9-10H2,(H,15,16). The van der Waals surface area contributed by atoms with E-state index in [1.54, 1.807) is 23.9 Å². The molecule has 17 heavy (non-hydrogen) atoms. The molecule has 0 heterocycles. The van der Waals surface area contributed by atoms with Crippen LogP contribution in [0, 0.1) is 0 Å². The SMILES string of the molecule is O=C(O)c1ccc(SCCCCCCO)cc1. The van der Waals surface area contributed by atoms with Gasteiger partial charge in [-0.15, -0.1) is 11.8 Å². The van der Waals surface area contributed by atoms with E-state index in [1.165, 1.54) is 0 Å². The van der Waals surface area contributed by atoms with Crippen molar-refractivity contribution in [2.24, 2.45) is 0 Å². The average Bonchev–Trinajstić information content (AvgIpc) is 2.34. The molecule has 1 rings (SSSR count). The Hall–Kier alpha value is -1.00. The summed E-state index contributed by atoms with van der Waals surface area (Å²) in [7, 11) is 0. The van der Waals surface area contributed by atoms with E-state index in [9.17, 15) is 4.79 Å². The quantitative estimate of drug-likeness (QED) is 0.553. The highest BCUT2D eigenvalue weighted by molar-refractivity contribution is 7.99. The molecule has 2 N–H and O–H groups in total. The van der Waals surface area contributed by atoms with E-state index >= 15 is 0 Å². The molecule has 0 aliphatic heterocycles. The molecular formula is C13H18O3S. The van der Waals surface area contributed by atoms with Gasteiger partial charge >= 0.3 is 5.97 Å². The third kappa shape index (κ3) is 5.75. The first-order valence-corrected chi connectivity index (χ1v) is 6.79. The van der Waals surface area contributed by atoms with Crippen LogP contribution in [-0.2, 0) is 0 Å². The number of aliphatic hydroxyl groups excluding tert-OH is 1. The Balaban J connectivity index is 2.21. The van der Waals surface area contributed by atoms with Crippen molar-refractivity contribution in [2.75, 3.05) is 12.4 Å². The van der Waals surface area contributed by atoms with Crippen molar-refractivity contribution in [3.8, 4) is 0 Å². The normalized spacial score (nSPS) is 10.4. The molecule has 0 radical (unpaired) electrons. The highest BCUT2D eigenvalue weighted by Gasteiger charge is 2.01. The minimum atomic E-state index is -0.884. The van der Waals surface area contributed by atoms with E-state index in [0.717, 1.165) is 36.3 Å². The van der Waals surface area contributed by atoms with Gasteiger partial charge in [0.15, 0.2) is 0 Å². The van der Waals surface area contributed by atoms with Crippen molar-refractivity contribution in [3.63, 3.8) is 0 Å². The van der Waals surface area contributed by atoms with Crippen molar-refractivity contribution < 1.29 is 15.0 Å². The zero-order chi connectivity index (χ0) is 12.5. The first-order chi connectivity index (χ1) is 8.24. The molecule has 0 atom stereocenters. The Bertz CT molecular complexity index is 335. The summed E-state index contributed by atoms with van der Waals surface area (Å²) in [6.07, 6.45) is 4.24. The summed E-state index contributed by atoms with van der Waals surface area (Å²) in [5.41, 5.74) is 0.331. The predicted molar refractivity (Wildman–Crippen MR) is 69.7 cm³/mol. The lowest BCUT2D eigenvalue weighted by Gasteiger charge is -2.02. The number of benzene rings is 1. The lowest BCUT2D eigenvalue weighted by molar-refractivity contribution is 0.0697. The van der Waals surface area contributed by atoms with Gasteiger partial charge in [0.05, 0.1) is 5.56 Å². The second kappa shape index (κ2) is 8.14. The van der Waals surface area contributed by atoms with Gasteiger partial charge in [-0.3, -0.25) is 0 Å². The third-order valence-electron chi connectivity index (χ3n) is 2.42. The summed E-state index contributed by atoms with van der Waals surface area (Å²) < 4.78 is 0. The fourth-order valence-corrected chi connectivity index (χ4v) is 2.36. The molecule has 94 valence electrons. The largest absolute Gasteiger partial charge is 0.478 e. The lowest BCUT2D eigenvalue weighted by Crippen LogP contribution is -1.94. The predicted octanol–water partition coefficient (Wildman–Crippen LogP) is 3.03. The van der Waals surface area contributed by atoms with Gasteiger partial charge in [0.25, 0.3) is 0 Å². The minimum absolute atomic E-state index is 0.282. The number of hydrogen-bond acceptors (Lipinski definition) is 3. The van der Waals surface area contributed by atoms with Gasteiger partial charge in [0.2, 0.25) is 0 Å². The molecule has 1 aromatic rings. The number of thioether (sulfide) groups is 1. The lowest BCUT2D eigenvalue weighted by atomic mass is 10.2. The van der Waals surface area contributed by atoms with Gasteiger partial charge in [0.1, 0.15) is 0 Å². The third-order valence-corrected chi connectivity index (χ3v) is 3.52. The first-order valence-electron chi connectivity index (χ1n) is 5.81. The minimum Gasteiger partial charge on any atom is -0.478 e. The molecule has 0 spiro atoms. The van der Waals surface area contributed by atoms with Crippen LogP contribution in [0.25, 0.3) is 0 Å². The van der Waals surface area contributed by atoms with Crippen LogP contribution < -0.4 is 0 Å². The molecule has 0 saturated carbocycles. The number of aliphatic hydroxyl groups is 1. The van der Waals surface area contributed by atoms with Crippen molar-refractivity contribution in [1.29, 1.82) is 0 Å². The van der Waals surface area contributed by atoms with Gasteiger partial charge in [0, 0.05) is 11.5 Å². The number of aromatic carboxylic acids is 1. The van der Waals surface area contributed by atoms with Crippen molar-refractivity contribution in [2.45, 2.75) is 30.6 Å². The Morgan fingerprint density at radius 2 is 1.71 bits per heavy atom. The van der Waals surface area contributed by atoms with Gasteiger partial charge in [-0.25, -0.2) is 4.79 Å². The monoisotopic (exact) mass is 254 g/mol. The average molecular weight is 254 g/mol. The Morgan fingerprint density at radius 1 is 1.06 bits per heavy atom. The number of carboxylic acids is 1. The summed E-state index contributed by atoms with van der Waals surface area (Å²) in [4.78, 5) is 11.8. The molecule has 0 fully saturated rings. The van der Waals surface area contributed by atoms with Gasteiger partial charge < -0.3 is 10.2 Å². The van der Waals surface area contributed by atoms with Crippen LogP contribution in [0.3, 0.4) is 0 Å². The topological polar surface area (TPSA) is 57.5 Å².